The number of benzene rings is 1. The fourth-order valence-corrected chi connectivity index (χ4v) is 2.96. The molecule has 0 spiro atoms. The fraction of sp³-hybridized carbons (Fsp3) is 0.368. The van der Waals surface area contributed by atoms with Gasteiger partial charge in [0.05, 0.1) is 11.5 Å². The zero-order valence-electron chi connectivity index (χ0n) is 16.1. The summed E-state index contributed by atoms with van der Waals surface area (Å²) < 4.78 is 1.66. The highest BCUT2D eigenvalue weighted by Crippen LogP contribution is 2.15. The summed E-state index contributed by atoms with van der Waals surface area (Å²) in [6.07, 6.45) is 1.77. The molecule has 0 N–H and O–H groups in total. The Balaban J connectivity index is 1.86. The second-order valence-electron chi connectivity index (χ2n) is 6.66. The molecule has 0 saturated carbocycles. The maximum absolute atomic E-state index is 13.0. The molecule has 9 nitrogen and oxygen atoms in total. The largest absolute Gasteiger partial charge is 0.331 e. The molecule has 1 amide bonds. The first-order valence-electron chi connectivity index (χ1n) is 9.12. The van der Waals surface area contributed by atoms with Crippen molar-refractivity contribution in [2.75, 3.05) is 6.54 Å². The lowest BCUT2D eigenvalue weighted by molar-refractivity contribution is -0.384. The van der Waals surface area contributed by atoms with Gasteiger partial charge in [0.25, 0.3) is 17.4 Å². The van der Waals surface area contributed by atoms with E-state index in [1.807, 2.05) is 26.8 Å². The van der Waals surface area contributed by atoms with Crippen LogP contribution in [-0.2, 0) is 6.54 Å². The van der Waals surface area contributed by atoms with Gasteiger partial charge in [-0.1, -0.05) is 13.3 Å². The van der Waals surface area contributed by atoms with Crippen LogP contribution in [0.4, 0.5) is 5.69 Å². The van der Waals surface area contributed by atoms with E-state index < -0.39 is 4.92 Å². The molecule has 0 atom stereocenters. The number of nitro groups is 1. The summed E-state index contributed by atoms with van der Waals surface area (Å²) in [5.41, 5.74) is 2.13. The summed E-state index contributed by atoms with van der Waals surface area (Å²) >= 11 is 0. The normalized spacial score (nSPS) is 11.0. The molecular weight excluding hydrogens is 360 g/mol. The highest BCUT2D eigenvalue weighted by Gasteiger charge is 2.19. The van der Waals surface area contributed by atoms with Crippen molar-refractivity contribution in [2.45, 2.75) is 40.2 Å². The van der Waals surface area contributed by atoms with E-state index in [9.17, 15) is 14.9 Å². The number of hydrogen-bond donors (Lipinski definition) is 0. The molecule has 0 aliphatic carbocycles. The van der Waals surface area contributed by atoms with Crippen LogP contribution in [0.3, 0.4) is 0 Å². The summed E-state index contributed by atoms with van der Waals surface area (Å²) in [5.74, 6) is 0.807. The minimum Gasteiger partial charge on any atom is -0.331 e. The van der Waals surface area contributed by atoms with Gasteiger partial charge >= 0.3 is 0 Å². The third-order valence-corrected chi connectivity index (χ3v) is 4.39. The van der Waals surface area contributed by atoms with Crippen molar-refractivity contribution in [1.82, 2.24) is 24.5 Å². The number of rotatable bonds is 7. The summed E-state index contributed by atoms with van der Waals surface area (Å²) in [5, 5.41) is 15.3. The molecule has 146 valence electrons. The number of aryl methyl sites for hydroxylation is 2. The summed E-state index contributed by atoms with van der Waals surface area (Å²) in [6, 6.07) is 7.55. The van der Waals surface area contributed by atoms with Crippen LogP contribution in [0.5, 0.6) is 0 Å². The van der Waals surface area contributed by atoms with E-state index in [-0.39, 0.29) is 18.1 Å². The summed E-state index contributed by atoms with van der Waals surface area (Å²) in [7, 11) is 0. The van der Waals surface area contributed by atoms with E-state index in [2.05, 4.69) is 15.1 Å². The van der Waals surface area contributed by atoms with Gasteiger partial charge in [0.1, 0.15) is 0 Å². The SMILES string of the molecule is CCCCN(Cc1nc2nc(C)cc(C)n2n1)C(=O)c1ccc([N+](=O)[O-])cc1. The second kappa shape index (κ2) is 8.12. The molecule has 9 heteroatoms. The van der Waals surface area contributed by atoms with Crippen LogP contribution >= 0.6 is 0 Å². The van der Waals surface area contributed by atoms with Crippen LogP contribution in [0.1, 0.15) is 47.3 Å². The Kier molecular flexibility index (Phi) is 5.62. The molecule has 0 unspecified atom stereocenters. The Morgan fingerprint density at radius 2 is 1.93 bits per heavy atom. The molecule has 3 aromatic rings. The van der Waals surface area contributed by atoms with Crippen molar-refractivity contribution in [3.63, 3.8) is 0 Å². The number of unbranched alkanes of at least 4 members (excludes halogenated alkanes) is 1. The van der Waals surface area contributed by atoms with E-state index in [0.29, 0.717) is 23.7 Å². The Morgan fingerprint density at radius 3 is 2.57 bits per heavy atom. The number of carbonyl (C=O) groups excluding carboxylic acids is 1. The van der Waals surface area contributed by atoms with E-state index in [1.165, 1.54) is 24.3 Å². The van der Waals surface area contributed by atoms with Crippen LogP contribution in [0.25, 0.3) is 5.78 Å². The van der Waals surface area contributed by atoms with E-state index in [1.54, 1.807) is 9.42 Å². The molecule has 0 aliphatic heterocycles. The Bertz CT molecular complexity index is 1010. The summed E-state index contributed by atoms with van der Waals surface area (Å²) in [4.78, 5) is 33.8. The minimum absolute atomic E-state index is 0.0457. The third kappa shape index (κ3) is 4.13. The van der Waals surface area contributed by atoms with E-state index in [4.69, 9.17) is 0 Å². The monoisotopic (exact) mass is 382 g/mol. The number of carbonyl (C=O) groups is 1. The molecule has 0 saturated heterocycles. The molecule has 0 aliphatic rings. The lowest BCUT2D eigenvalue weighted by Gasteiger charge is -2.21. The van der Waals surface area contributed by atoms with Crippen molar-refractivity contribution in [3.8, 4) is 0 Å². The number of nitrogens with zero attached hydrogens (tertiary/aromatic N) is 6. The minimum atomic E-state index is -0.485. The predicted molar refractivity (Wildman–Crippen MR) is 103 cm³/mol. The van der Waals surface area contributed by atoms with Gasteiger partial charge in [-0.3, -0.25) is 14.9 Å². The number of aromatic nitrogens is 4. The molecule has 0 bridgehead atoms. The number of non-ortho nitro benzene ring substituents is 1. The van der Waals surface area contributed by atoms with Gasteiger partial charge in [0, 0.05) is 35.6 Å². The van der Waals surface area contributed by atoms with Gasteiger partial charge in [-0.25, -0.2) is 9.50 Å². The van der Waals surface area contributed by atoms with Crippen LogP contribution in [0, 0.1) is 24.0 Å². The van der Waals surface area contributed by atoms with Crippen molar-refractivity contribution in [3.05, 3.63) is 63.2 Å². The molecule has 1 aromatic carbocycles. The van der Waals surface area contributed by atoms with Gasteiger partial charge in [0.15, 0.2) is 5.82 Å². The topological polar surface area (TPSA) is 107 Å². The highest BCUT2D eigenvalue weighted by molar-refractivity contribution is 5.94. The smallest absolute Gasteiger partial charge is 0.269 e. The average molecular weight is 382 g/mol. The van der Waals surface area contributed by atoms with Gasteiger partial charge in [-0.2, -0.15) is 4.98 Å². The summed E-state index contributed by atoms with van der Waals surface area (Å²) in [6.45, 7) is 6.67. The Morgan fingerprint density at radius 1 is 1.21 bits per heavy atom. The number of hydrogen-bond acceptors (Lipinski definition) is 6. The maximum Gasteiger partial charge on any atom is 0.269 e. The number of nitro benzene ring substituents is 1. The molecular formula is C19H22N6O3. The zero-order chi connectivity index (χ0) is 20.3. The van der Waals surface area contributed by atoms with Crippen LogP contribution in [0.15, 0.2) is 30.3 Å². The average Bonchev–Trinajstić information content (AvgIpc) is 3.07. The standard InChI is InChI=1S/C19H22N6O3/c1-4-5-10-23(18(26)15-6-8-16(9-7-15)25(27)28)12-17-21-19-20-13(2)11-14(3)24(19)22-17/h6-9,11H,4-5,10,12H2,1-3H3. The Hall–Kier alpha value is -3.36. The molecule has 0 fully saturated rings. The molecule has 2 heterocycles. The van der Waals surface area contributed by atoms with Gasteiger partial charge in [-0.15, -0.1) is 5.10 Å². The first-order valence-corrected chi connectivity index (χ1v) is 9.12. The van der Waals surface area contributed by atoms with E-state index in [0.717, 1.165) is 24.2 Å². The molecule has 2 aromatic heterocycles. The lowest BCUT2D eigenvalue weighted by atomic mass is 10.1. The van der Waals surface area contributed by atoms with E-state index >= 15 is 0 Å². The molecule has 0 radical (unpaired) electrons. The van der Waals surface area contributed by atoms with Gasteiger partial charge in [0.2, 0.25) is 0 Å². The van der Waals surface area contributed by atoms with Crippen molar-refractivity contribution < 1.29 is 9.72 Å². The zero-order valence-corrected chi connectivity index (χ0v) is 16.1. The maximum atomic E-state index is 13.0. The quantitative estimate of drug-likeness (QED) is 0.459. The molecule has 3 rings (SSSR count). The van der Waals surface area contributed by atoms with Crippen LogP contribution < -0.4 is 0 Å². The van der Waals surface area contributed by atoms with Crippen LogP contribution in [0.2, 0.25) is 0 Å². The van der Waals surface area contributed by atoms with Crippen LogP contribution in [-0.4, -0.2) is 41.9 Å². The van der Waals surface area contributed by atoms with Gasteiger partial charge < -0.3 is 4.90 Å². The third-order valence-electron chi connectivity index (χ3n) is 4.39. The first-order chi connectivity index (χ1) is 13.4. The second-order valence-corrected chi connectivity index (χ2v) is 6.66. The Labute approximate surface area is 162 Å². The first kappa shape index (κ1) is 19.4. The number of fused-ring (bicyclic) bond motifs is 1. The van der Waals surface area contributed by atoms with Gasteiger partial charge in [-0.05, 0) is 38.5 Å². The lowest BCUT2D eigenvalue weighted by Crippen LogP contribution is -2.32. The number of amides is 1. The fourth-order valence-electron chi connectivity index (χ4n) is 2.96. The molecule has 28 heavy (non-hydrogen) atoms. The highest BCUT2D eigenvalue weighted by atomic mass is 16.6. The van der Waals surface area contributed by atoms with Crippen molar-refractivity contribution in [2.24, 2.45) is 0 Å². The van der Waals surface area contributed by atoms with Crippen molar-refractivity contribution >= 4 is 17.4 Å². The predicted octanol–water partition coefficient (Wildman–Crippen LogP) is 3.09. The van der Waals surface area contributed by atoms with Crippen molar-refractivity contribution in [1.29, 1.82) is 0 Å².